The van der Waals surface area contributed by atoms with E-state index in [4.69, 9.17) is 0 Å². The van der Waals surface area contributed by atoms with Gasteiger partial charge in [0.15, 0.2) is 0 Å². The first-order valence-electron chi connectivity index (χ1n) is 13.3. The average Bonchev–Trinajstić information content (AvgIpc) is 3.52. The van der Waals surface area contributed by atoms with Crippen molar-refractivity contribution in [2.75, 3.05) is 13.1 Å². The number of carbonyl (C=O) groups is 1. The second kappa shape index (κ2) is 10.6. The summed E-state index contributed by atoms with van der Waals surface area (Å²) in [4.78, 5) is 15.1. The number of hydrogen-bond donors (Lipinski definition) is 2. The van der Waals surface area contributed by atoms with E-state index in [2.05, 4.69) is 87.2 Å². The lowest BCUT2D eigenvalue weighted by Crippen LogP contribution is -2.28. The summed E-state index contributed by atoms with van der Waals surface area (Å²) in [6.07, 6.45) is 10.9. The normalized spacial score (nSPS) is 19.7. The third-order valence-electron chi connectivity index (χ3n) is 7.45. The van der Waals surface area contributed by atoms with Crippen molar-refractivity contribution in [3.8, 4) is 0 Å². The summed E-state index contributed by atoms with van der Waals surface area (Å²) in [7, 11) is 0. The topological polar surface area (TPSA) is 61.0 Å². The molecule has 1 atom stereocenters. The number of amides is 1. The summed E-state index contributed by atoms with van der Waals surface area (Å²) in [6.45, 7) is 3.48. The zero-order valence-electron chi connectivity index (χ0n) is 21.0. The van der Waals surface area contributed by atoms with Gasteiger partial charge in [-0.25, -0.2) is 0 Å². The molecule has 1 amide bonds. The molecule has 3 heterocycles. The molecule has 1 aromatic heterocycles. The van der Waals surface area contributed by atoms with Crippen LogP contribution in [-0.2, 0) is 11.3 Å². The smallest absolute Gasteiger partial charge is 0.247 e. The maximum absolute atomic E-state index is 12.6. The fraction of sp³-hybridized carbons (Fsp3) is 0.250. The number of rotatable bonds is 6. The Morgan fingerprint density at radius 1 is 0.892 bits per heavy atom. The summed E-state index contributed by atoms with van der Waals surface area (Å²) >= 11 is 0. The van der Waals surface area contributed by atoms with Crippen LogP contribution in [-0.4, -0.2) is 34.1 Å². The van der Waals surface area contributed by atoms with E-state index >= 15 is 0 Å². The van der Waals surface area contributed by atoms with Crippen molar-refractivity contribution in [2.24, 2.45) is 0 Å². The van der Waals surface area contributed by atoms with Crippen molar-refractivity contribution in [2.45, 2.75) is 38.3 Å². The van der Waals surface area contributed by atoms with Crippen LogP contribution < -0.4 is 5.32 Å². The quantitative estimate of drug-likeness (QED) is 0.310. The highest BCUT2D eigenvalue weighted by molar-refractivity contribution is 6.01. The molecule has 37 heavy (non-hydrogen) atoms. The zero-order chi connectivity index (χ0) is 25.0. The number of carbonyl (C=O) groups excluding carboxylic acids is 1. The molecule has 2 aliphatic heterocycles. The Balaban J connectivity index is 1.13. The van der Waals surface area contributed by atoms with Gasteiger partial charge < -0.3 is 5.32 Å². The van der Waals surface area contributed by atoms with Crippen molar-refractivity contribution in [1.82, 2.24) is 20.4 Å². The molecule has 2 N–H and O–H groups in total. The Hall–Kier alpha value is -3.96. The molecule has 0 aliphatic carbocycles. The second-order valence-corrected chi connectivity index (χ2v) is 10.1. The van der Waals surface area contributed by atoms with Crippen LogP contribution in [0.4, 0.5) is 0 Å². The van der Waals surface area contributed by atoms with Gasteiger partial charge in [0.2, 0.25) is 5.91 Å². The first kappa shape index (κ1) is 23.4. The molecule has 2 aliphatic rings. The molecular weight excluding hydrogens is 456 g/mol. The molecule has 1 unspecified atom stereocenters. The van der Waals surface area contributed by atoms with E-state index < -0.39 is 0 Å². The zero-order valence-corrected chi connectivity index (χ0v) is 21.0. The summed E-state index contributed by atoms with van der Waals surface area (Å²) < 4.78 is 0. The predicted molar refractivity (Wildman–Crippen MR) is 151 cm³/mol. The minimum atomic E-state index is 0.00382. The molecule has 6 rings (SSSR count). The van der Waals surface area contributed by atoms with Crippen molar-refractivity contribution in [1.29, 1.82) is 0 Å². The van der Waals surface area contributed by atoms with Crippen LogP contribution in [0.2, 0.25) is 0 Å². The van der Waals surface area contributed by atoms with E-state index in [1.807, 2.05) is 24.3 Å². The number of piperidine rings is 1. The van der Waals surface area contributed by atoms with Gasteiger partial charge in [-0.1, -0.05) is 73.2 Å². The third kappa shape index (κ3) is 5.42. The number of aromatic nitrogens is 2. The lowest BCUT2D eigenvalue weighted by Gasteiger charge is -2.26. The van der Waals surface area contributed by atoms with Gasteiger partial charge in [-0.15, -0.1) is 0 Å². The van der Waals surface area contributed by atoms with Crippen LogP contribution >= 0.6 is 0 Å². The standard InChI is InChI=1S/C32H32N4O/c37-32-27(21-30(33-32)26-7-3-1-4-8-26)19-25-13-15-28-29(34-35-31(28)20-25)16-14-23-9-11-24(12-10-23)22-36-17-5-2-6-18-36/h1,3-4,7-16,19-20,30H,2,5-6,17-18,21-22H2,(H,33,37)(H,34,35)/b16-14+,27-19?. The first-order chi connectivity index (χ1) is 18.2. The third-order valence-corrected chi connectivity index (χ3v) is 7.45. The monoisotopic (exact) mass is 488 g/mol. The molecule has 0 saturated carbocycles. The van der Waals surface area contributed by atoms with Gasteiger partial charge in [0, 0.05) is 23.9 Å². The van der Waals surface area contributed by atoms with E-state index in [1.54, 1.807) is 0 Å². The van der Waals surface area contributed by atoms with Crippen molar-refractivity contribution in [3.05, 3.63) is 106 Å². The molecule has 0 radical (unpaired) electrons. The molecule has 0 spiro atoms. The molecule has 2 fully saturated rings. The van der Waals surface area contributed by atoms with Crippen LogP contribution in [0.1, 0.15) is 59.7 Å². The number of nitrogens with one attached hydrogen (secondary N) is 2. The Morgan fingerprint density at radius 3 is 2.49 bits per heavy atom. The lowest BCUT2D eigenvalue weighted by atomic mass is 10.0. The maximum Gasteiger partial charge on any atom is 0.247 e. The molecule has 5 nitrogen and oxygen atoms in total. The van der Waals surface area contributed by atoms with E-state index in [0.717, 1.165) is 39.8 Å². The van der Waals surface area contributed by atoms with Gasteiger partial charge >= 0.3 is 0 Å². The van der Waals surface area contributed by atoms with Crippen LogP contribution in [0.25, 0.3) is 29.1 Å². The summed E-state index contributed by atoms with van der Waals surface area (Å²) in [6, 6.07) is 25.2. The Bertz CT molecular complexity index is 1440. The largest absolute Gasteiger partial charge is 0.345 e. The molecule has 2 saturated heterocycles. The van der Waals surface area contributed by atoms with E-state index in [-0.39, 0.29) is 11.9 Å². The number of hydrogen-bond acceptors (Lipinski definition) is 3. The summed E-state index contributed by atoms with van der Waals surface area (Å²) in [5, 5.41) is 11.8. The van der Waals surface area contributed by atoms with Gasteiger partial charge in [0.1, 0.15) is 0 Å². The Kier molecular flexibility index (Phi) is 6.70. The fourth-order valence-electron chi connectivity index (χ4n) is 5.39. The first-order valence-corrected chi connectivity index (χ1v) is 13.3. The Morgan fingerprint density at radius 2 is 1.68 bits per heavy atom. The Labute approximate surface area is 217 Å². The molecule has 5 heteroatoms. The number of H-pyrrole nitrogens is 1. The number of fused-ring (bicyclic) bond motifs is 1. The minimum Gasteiger partial charge on any atom is -0.345 e. The van der Waals surface area contributed by atoms with Gasteiger partial charge in [0.05, 0.1) is 17.3 Å². The van der Waals surface area contributed by atoms with Gasteiger partial charge in [-0.3, -0.25) is 14.8 Å². The summed E-state index contributed by atoms with van der Waals surface area (Å²) in [5.74, 6) is 0.00382. The van der Waals surface area contributed by atoms with Crippen LogP contribution in [0.3, 0.4) is 0 Å². The molecule has 186 valence electrons. The van der Waals surface area contributed by atoms with Crippen LogP contribution in [0.15, 0.2) is 78.4 Å². The minimum absolute atomic E-state index is 0.00382. The van der Waals surface area contributed by atoms with Crippen molar-refractivity contribution in [3.63, 3.8) is 0 Å². The van der Waals surface area contributed by atoms with E-state index in [0.29, 0.717) is 6.42 Å². The van der Waals surface area contributed by atoms with E-state index in [1.165, 1.54) is 43.5 Å². The fourth-order valence-corrected chi connectivity index (χ4v) is 5.39. The number of aromatic amines is 1. The highest BCUT2D eigenvalue weighted by atomic mass is 16.2. The SMILES string of the molecule is O=C1NC(c2ccccc2)CC1=Cc1ccc2c(/C=C/c3ccc(CN4CCCCC4)cc3)n[nH]c2c1. The number of likely N-dealkylation sites (tertiary alicyclic amines) is 1. The number of benzene rings is 3. The van der Waals surface area contributed by atoms with Gasteiger partial charge in [-0.2, -0.15) is 5.10 Å². The van der Waals surface area contributed by atoms with Crippen LogP contribution in [0.5, 0.6) is 0 Å². The van der Waals surface area contributed by atoms with Crippen molar-refractivity contribution >= 4 is 35.0 Å². The molecule has 0 bridgehead atoms. The highest BCUT2D eigenvalue weighted by Gasteiger charge is 2.27. The molecular formula is C32H32N4O. The maximum atomic E-state index is 12.6. The predicted octanol–water partition coefficient (Wildman–Crippen LogP) is 6.36. The van der Waals surface area contributed by atoms with Gasteiger partial charge in [-0.05, 0) is 72.5 Å². The van der Waals surface area contributed by atoms with Gasteiger partial charge in [0.25, 0.3) is 0 Å². The van der Waals surface area contributed by atoms with Crippen LogP contribution in [0, 0.1) is 0 Å². The van der Waals surface area contributed by atoms with Crippen molar-refractivity contribution < 1.29 is 4.79 Å². The number of nitrogens with zero attached hydrogens (tertiary/aromatic N) is 2. The molecule has 3 aromatic carbocycles. The average molecular weight is 489 g/mol. The highest BCUT2D eigenvalue weighted by Crippen LogP contribution is 2.29. The van der Waals surface area contributed by atoms with E-state index in [9.17, 15) is 4.79 Å². The molecule has 4 aromatic rings. The second-order valence-electron chi connectivity index (χ2n) is 10.1. The lowest BCUT2D eigenvalue weighted by molar-refractivity contribution is -0.116. The summed E-state index contributed by atoms with van der Waals surface area (Å²) in [5.41, 5.74) is 7.35.